The van der Waals surface area contributed by atoms with Gasteiger partial charge in [0.05, 0.1) is 0 Å². The van der Waals surface area contributed by atoms with Crippen LogP contribution in [0.3, 0.4) is 0 Å². The summed E-state index contributed by atoms with van der Waals surface area (Å²) in [7, 11) is 0. The summed E-state index contributed by atoms with van der Waals surface area (Å²) >= 11 is 0. The summed E-state index contributed by atoms with van der Waals surface area (Å²) in [5, 5.41) is 2.87. The SMILES string of the molecule is C[C@H](CC1=CC=CC(CC(=[OH+])OCc2ccccc2)C1)NC(=O)OC(C)(C)C. The lowest BCUT2D eigenvalue weighted by molar-refractivity contribution is 0.0508. The van der Waals surface area contributed by atoms with E-state index < -0.39 is 11.7 Å². The van der Waals surface area contributed by atoms with E-state index in [1.54, 1.807) is 0 Å². The summed E-state index contributed by atoms with van der Waals surface area (Å²) in [6.45, 7) is 7.87. The van der Waals surface area contributed by atoms with Crippen LogP contribution in [0.1, 0.15) is 52.5 Å². The fourth-order valence-corrected chi connectivity index (χ4v) is 3.09. The van der Waals surface area contributed by atoms with Gasteiger partial charge in [0.15, 0.2) is 0 Å². The molecule has 0 aliphatic heterocycles. The third-order valence-electron chi connectivity index (χ3n) is 4.26. The molecule has 1 unspecified atom stereocenters. The van der Waals surface area contributed by atoms with E-state index in [1.807, 2.05) is 64.1 Å². The Bertz CT molecular complexity index is 716. The molecule has 5 heteroatoms. The molecule has 0 radical (unpaired) electrons. The van der Waals surface area contributed by atoms with Gasteiger partial charge in [0, 0.05) is 11.6 Å². The first kappa shape index (κ1) is 21.7. The second-order valence-corrected chi connectivity index (χ2v) is 8.30. The zero-order chi connectivity index (χ0) is 20.6. The molecule has 0 aromatic heterocycles. The van der Waals surface area contributed by atoms with Gasteiger partial charge in [0.25, 0.3) is 0 Å². The number of allylic oxidation sites excluding steroid dienone is 3. The number of hydrogen-bond acceptors (Lipinski definition) is 3. The molecule has 2 N–H and O–H groups in total. The summed E-state index contributed by atoms with van der Waals surface area (Å²) in [4.78, 5) is 22.0. The number of ether oxygens (including phenoxy) is 2. The Labute approximate surface area is 167 Å². The van der Waals surface area contributed by atoms with Crippen molar-refractivity contribution in [2.24, 2.45) is 5.92 Å². The summed E-state index contributed by atoms with van der Waals surface area (Å²) in [5.41, 5.74) is 1.75. The van der Waals surface area contributed by atoms with E-state index in [1.165, 1.54) is 5.57 Å². The van der Waals surface area contributed by atoms with Gasteiger partial charge < -0.3 is 19.6 Å². The van der Waals surface area contributed by atoms with Gasteiger partial charge in [-0.15, -0.1) is 0 Å². The lowest BCUT2D eigenvalue weighted by atomic mass is 9.89. The molecule has 5 nitrogen and oxygen atoms in total. The molecule has 28 heavy (non-hydrogen) atoms. The van der Waals surface area contributed by atoms with Crippen LogP contribution < -0.4 is 5.32 Å². The van der Waals surface area contributed by atoms with Crippen molar-refractivity contribution in [2.45, 2.75) is 65.2 Å². The molecule has 0 spiro atoms. The van der Waals surface area contributed by atoms with Crippen LogP contribution in [0.4, 0.5) is 4.79 Å². The molecule has 1 aromatic rings. The Balaban J connectivity index is 1.74. The fraction of sp³-hybridized carbons (Fsp3) is 0.478. The minimum absolute atomic E-state index is 0.0276. The minimum atomic E-state index is -0.505. The van der Waals surface area contributed by atoms with Crippen LogP contribution in [0.25, 0.3) is 0 Å². The van der Waals surface area contributed by atoms with Crippen LogP contribution in [0.5, 0.6) is 0 Å². The zero-order valence-corrected chi connectivity index (χ0v) is 17.3. The van der Waals surface area contributed by atoms with E-state index in [0.717, 1.165) is 18.4 Å². The maximum Gasteiger partial charge on any atom is 0.483 e. The zero-order valence-electron chi connectivity index (χ0n) is 17.3. The number of carbonyl (C=O) groups excluding carboxylic acids is 2. The quantitative estimate of drug-likeness (QED) is 0.535. The van der Waals surface area contributed by atoms with Crippen molar-refractivity contribution in [1.29, 1.82) is 0 Å². The normalized spacial score (nSPS) is 17.4. The summed E-state index contributed by atoms with van der Waals surface area (Å²) < 4.78 is 10.8. The van der Waals surface area contributed by atoms with Gasteiger partial charge in [0.1, 0.15) is 12.0 Å². The Morgan fingerprint density at radius 3 is 2.68 bits per heavy atom. The van der Waals surface area contributed by atoms with Gasteiger partial charge in [-0.1, -0.05) is 54.1 Å². The van der Waals surface area contributed by atoms with Gasteiger partial charge in [0.2, 0.25) is 6.61 Å². The number of alkyl carbamates (subject to hydrolysis) is 1. The van der Waals surface area contributed by atoms with Crippen LogP contribution in [-0.4, -0.2) is 28.5 Å². The monoisotopic (exact) mass is 386 g/mol. The van der Waals surface area contributed by atoms with Gasteiger partial charge in [-0.25, -0.2) is 4.79 Å². The Hall–Kier alpha value is -2.56. The highest BCUT2D eigenvalue weighted by Gasteiger charge is 2.23. The molecule has 1 amide bonds. The number of nitrogens with one attached hydrogen (secondary N) is 1. The average Bonchev–Trinajstić information content (AvgIpc) is 2.59. The van der Waals surface area contributed by atoms with Crippen molar-refractivity contribution in [3.63, 3.8) is 0 Å². The predicted octanol–water partition coefficient (Wildman–Crippen LogP) is 4.90. The molecule has 2 atom stereocenters. The van der Waals surface area contributed by atoms with Crippen molar-refractivity contribution in [3.05, 3.63) is 59.7 Å². The predicted molar refractivity (Wildman–Crippen MR) is 112 cm³/mol. The van der Waals surface area contributed by atoms with Crippen LogP contribution in [0, 0.1) is 5.92 Å². The molecule has 1 aliphatic carbocycles. The van der Waals surface area contributed by atoms with Gasteiger partial charge in [-0.2, -0.15) is 0 Å². The van der Waals surface area contributed by atoms with Crippen molar-refractivity contribution < 1.29 is 19.1 Å². The third-order valence-corrected chi connectivity index (χ3v) is 4.26. The van der Waals surface area contributed by atoms with Gasteiger partial charge in [-0.05, 0) is 46.5 Å². The maximum atomic E-state index is 11.9. The molecule has 0 fully saturated rings. The Kier molecular flexibility index (Phi) is 7.85. The van der Waals surface area contributed by atoms with E-state index in [2.05, 4.69) is 17.5 Å². The van der Waals surface area contributed by atoms with Crippen LogP contribution in [0.2, 0.25) is 0 Å². The lowest BCUT2D eigenvalue weighted by Gasteiger charge is -2.23. The Morgan fingerprint density at radius 1 is 1.29 bits per heavy atom. The summed E-state index contributed by atoms with van der Waals surface area (Å²) in [6.07, 6.45) is 7.80. The topological polar surface area (TPSA) is 69.0 Å². The number of esters is 1. The van der Waals surface area contributed by atoms with Crippen molar-refractivity contribution in [2.75, 3.05) is 0 Å². The van der Waals surface area contributed by atoms with E-state index in [-0.39, 0.29) is 17.9 Å². The molecular weight excluding hydrogens is 354 g/mol. The first-order valence-electron chi connectivity index (χ1n) is 9.78. The maximum absolute atomic E-state index is 11.9. The first-order valence-corrected chi connectivity index (χ1v) is 9.78. The molecule has 2 rings (SSSR count). The number of hydrogen-bond donors (Lipinski definition) is 1. The van der Waals surface area contributed by atoms with Gasteiger partial charge in [-0.3, -0.25) is 0 Å². The highest BCUT2D eigenvalue weighted by Crippen LogP contribution is 2.25. The Morgan fingerprint density at radius 2 is 2.00 bits per heavy atom. The highest BCUT2D eigenvalue weighted by atomic mass is 16.6. The standard InChI is InChI=1S/C23H31NO4/c1-17(24-22(26)28-23(2,3)4)13-19-11-8-12-20(14-19)15-21(25)27-16-18-9-6-5-7-10-18/h5-12,17,20H,13-16H2,1-4H3,(H,24,26)/p+1/t17-,20?/m1/s1. The van der Waals surface area contributed by atoms with Crippen LogP contribution in [-0.2, 0) is 16.1 Å². The largest absolute Gasteiger partial charge is 0.483 e. The number of rotatable bonds is 7. The van der Waals surface area contributed by atoms with Crippen molar-refractivity contribution >= 4 is 12.1 Å². The van der Waals surface area contributed by atoms with Crippen LogP contribution >= 0.6 is 0 Å². The van der Waals surface area contributed by atoms with E-state index in [4.69, 9.17) is 9.47 Å². The van der Waals surface area contributed by atoms with Gasteiger partial charge >= 0.3 is 12.1 Å². The van der Waals surface area contributed by atoms with E-state index in [0.29, 0.717) is 13.0 Å². The van der Waals surface area contributed by atoms with Crippen molar-refractivity contribution in [1.82, 2.24) is 5.32 Å². The smallest absolute Gasteiger partial charge is 0.444 e. The summed E-state index contributed by atoms with van der Waals surface area (Å²) in [6, 6.07) is 9.75. The summed E-state index contributed by atoms with van der Waals surface area (Å²) in [5.74, 6) is 0.240. The fourth-order valence-electron chi connectivity index (χ4n) is 3.09. The molecule has 0 saturated carbocycles. The third kappa shape index (κ3) is 8.42. The van der Waals surface area contributed by atoms with Crippen LogP contribution in [0.15, 0.2) is 54.1 Å². The van der Waals surface area contributed by atoms with Crippen molar-refractivity contribution in [3.8, 4) is 0 Å². The molecule has 152 valence electrons. The first-order chi connectivity index (χ1) is 13.2. The molecule has 0 saturated heterocycles. The second-order valence-electron chi connectivity index (χ2n) is 8.30. The number of benzene rings is 1. The molecular formula is C23H32NO4+. The number of amides is 1. The van der Waals surface area contributed by atoms with E-state index in [9.17, 15) is 9.59 Å². The molecule has 0 bridgehead atoms. The molecule has 1 aliphatic rings. The molecule has 0 heterocycles. The van der Waals surface area contributed by atoms with E-state index >= 15 is 0 Å². The lowest BCUT2D eigenvalue weighted by Crippen LogP contribution is -2.38. The second kappa shape index (κ2) is 10.1. The minimum Gasteiger partial charge on any atom is -0.444 e. The molecule has 1 aromatic carbocycles. The average molecular weight is 387 g/mol. The number of carbonyl (C=O) groups is 1. The highest BCUT2D eigenvalue weighted by molar-refractivity contribution is 5.71.